The van der Waals surface area contributed by atoms with E-state index in [2.05, 4.69) is 37.4 Å². The Balaban J connectivity index is 2.38. The van der Waals surface area contributed by atoms with Gasteiger partial charge in [-0.2, -0.15) is 0 Å². The van der Waals surface area contributed by atoms with Crippen molar-refractivity contribution in [2.75, 3.05) is 31.3 Å². The molecule has 3 heteroatoms. The molecule has 1 aliphatic heterocycles. The molecule has 0 saturated carbocycles. The molecular formula is C12H20N2O. The van der Waals surface area contributed by atoms with Gasteiger partial charge in [0.25, 0.3) is 0 Å². The van der Waals surface area contributed by atoms with Gasteiger partial charge in [-0.3, -0.25) is 4.68 Å². The predicted octanol–water partition coefficient (Wildman–Crippen LogP) is 1.69. The summed E-state index contributed by atoms with van der Waals surface area (Å²) in [6.45, 7) is 12.5. The number of ether oxygens (including phenoxy) is 1. The van der Waals surface area contributed by atoms with E-state index in [0.29, 0.717) is 0 Å². The highest BCUT2D eigenvalue weighted by molar-refractivity contribution is 5.36. The SMILES string of the molecule is Cc1c(C)c(C)n(N2CCOCC2)c1C. The van der Waals surface area contributed by atoms with Crippen molar-refractivity contribution in [3.05, 3.63) is 22.5 Å². The highest BCUT2D eigenvalue weighted by atomic mass is 16.5. The van der Waals surface area contributed by atoms with Gasteiger partial charge in [0.15, 0.2) is 0 Å². The lowest BCUT2D eigenvalue weighted by Crippen LogP contribution is -2.44. The molecule has 0 spiro atoms. The summed E-state index contributed by atoms with van der Waals surface area (Å²) in [6, 6.07) is 0. The predicted molar refractivity (Wildman–Crippen MR) is 62.2 cm³/mol. The zero-order valence-electron chi connectivity index (χ0n) is 10.1. The Kier molecular flexibility index (Phi) is 2.74. The Morgan fingerprint density at radius 2 is 1.33 bits per heavy atom. The van der Waals surface area contributed by atoms with Crippen molar-refractivity contribution in [1.82, 2.24) is 4.68 Å². The molecule has 0 bridgehead atoms. The van der Waals surface area contributed by atoms with Crippen molar-refractivity contribution in [2.24, 2.45) is 0 Å². The molecule has 1 aromatic heterocycles. The quantitative estimate of drug-likeness (QED) is 0.699. The third kappa shape index (κ3) is 1.65. The fraction of sp³-hybridized carbons (Fsp3) is 0.667. The van der Waals surface area contributed by atoms with E-state index >= 15 is 0 Å². The zero-order chi connectivity index (χ0) is 11.0. The second kappa shape index (κ2) is 3.89. The molecule has 0 unspecified atom stereocenters. The first-order chi connectivity index (χ1) is 7.13. The summed E-state index contributed by atoms with van der Waals surface area (Å²) in [7, 11) is 0. The molecule has 2 heterocycles. The molecule has 0 radical (unpaired) electrons. The van der Waals surface area contributed by atoms with E-state index in [1.54, 1.807) is 0 Å². The van der Waals surface area contributed by atoms with Crippen LogP contribution in [0.2, 0.25) is 0 Å². The number of morpholine rings is 1. The van der Waals surface area contributed by atoms with E-state index in [0.717, 1.165) is 26.3 Å². The lowest BCUT2D eigenvalue weighted by molar-refractivity contribution is 0.110. The number of rotatable bonds is 1. The molecule has 0 aromatic carbocycles. The van der Waals surface area contributed by atoms with Crippen molar-refractivity contribution in [2.45, 2.75) is 27.7 Å². The lowest BCUT2D eigenvalue weighted by Gasteiger charge is -2.32. The summed E-state index contributed by atoms with van der Waals surface area (Å²) in [4.78, 5) is 0. The van der Waals surface area contributed by atoms with Gasteiger partial charge in [0.2, 0.25) is 0 Å². The van der Waals surface area contributed by atoms with Gasteiger partial charge in [-0.15, -0.1) is 0 Å². The second-order valence-corrected chi connectivity index (χ2v) is 4.30. The Morgan fingerprint density at radius 3 is 1.80 bits per heavy atom. The minimum absolute atomic E-state index is 0.842. The first-order valence-corrected chi connectivity index (χ1v) is 5.61. The van der Waals surface area contributed by atoms with Gasteiger partial charge in [0, 0.05) is 11.4 Å². The summed E-state index contributed by atoms with van der Waals surface area (Å²) in [5.74, 6) is 0. The molecule has 0 amide bonds. The van der Waals surface area contributed by atoms with Crippen LogP contribution in [0.25, 0.3) is 0 Å². The molecule has 1 aromatic rings. The van der Waals surface area contributed by atoms with Gasteiger partial charge >= 0.3 is 0 Å². The van der Waals surface area contributed by atoms with Crippen molar-refractivity contribution in [3.8, 4) is 0 Å². The van der Waals surface area contributed by atoms with E-state index in [4.69, 9.17) is 4.74 Å². The van der Waals surface area contributed by atoms with Crippen molar-refractivity contribution in [3.63, 3.8) is 0 Å². The molecule has 1 aliphatic rings. The Morgan fingerprint density at radius 1 is 0.867 bits per heavy atom. The molecule has 1 fully saturated rings. The fourth-order valence-corrected chi connectivity index (χ4v) is 2.29. The Labute approximate surface area is 91.6 Å². The molecular weight excluding hydrogens is 188 g/mol. The minimum atomic E-state index is 0.842. The van der Waals surface area contributed by atoms with Crippen molar-refractivity contribution >= 4 is 0 Å². The maximum Gasteiger partial charge on any atom is 0.0658 e. The maximum atomic E-state index is 5.38. The van der Waals surface area contributed by atoms with Gasteiger partial charge in [-0.25, -0.2) is 0 Å². The van der Waals surface area contributed by atoms with Crippen LogP contribution in [-0.4, -0.2) is 31.0 Å². The van der Waals surface area contributed by atoms with E-state index in [9.17, 15) is 0 Å². The summed E-state index contributed by atoms with van der Waals surface area (Å²) < 4.78 is 7.74. The van der Waals surface area contributed by atoms with E-state index in [1.807, 2.05) is 0 Å². The highest BCUT2D eigenvalue weighted by Crippen LogP contribution is 2.20. The first kappa shape index (κ1) is 10.6. The largest absolute Gasteiger partial charge is 0.378 e. The monoisotopic (exact) mass is 208 g/mol. The number of hydrogen-bond donors (Lipinski definition) is 0. The van der Waals surface area contributed by atoms with Crippen LogP contribution >= 0.6 is 0 Å². The summed E-state index contributed by atoms with van der Waals surface area (Å²) in [5.41, 5.74) is 5.57. The minimum Gasteiger partial charge on any atom is -0.378 e. The van der Waals surface area contributed by atoms with E-state index in [-0.39, 0.29) is 0 Å². The van der Waals surface area contributed by atoms with Crippen LogP contribution in [-0.2, 0) is 4.74 Å². The van der Waals surface area contributed by atoms with Crippen molar-refractivity contribution in [1.29, 1.82) is 0 Å². The standard InChI is InChI=1S/C12H20N2O/c1-9-10(2)12(4)14(11(9)3)13-5-7-15-8-6-13/h5-8H2,1-4H3. The molecule has 0 N–H and O–H groups in total. The van der Waals surface area contributed by atoms with Crippen LogP contribution in [0.3, 0.4) is 0 Å². The topological polar surface area (TPSA) is 17.4 Å². The fourth-order valence-electron chi connectivity index (χ4n) is 2.29. The molecule has 15 heavy (non-hydrogen) atoms. The van der Waals surface area contributed by atoms with Crippen LogP contribution in [0.15, 0.2) is 0 Å². The molecule has 1 saturated heterocycles. The Hall–Kier alpha value is -0.960. The van der Waals surface area contributed by atoms with Crippen LogP contribution in [0.4, 0.5) is 0 Å². The lowest BCUT2D eigenvalue weighted by atomic mass is 10.2. The molecule has 0 atom stereocenters. The highest BCUT2D eigenvalue weighted by Gasteiger charge is 2.17. The van der Waals surface area contributed by atoms with Gasteiger partial charge in [-0.1, -0.05) is 0 Å². The van der Waals surface area contributed by atoms with E-state index in [1.165, 1.54) is 22.5 Å². The third-order valence-corrected chi connectivity index (χ3v) is 3.55. The van der Waals surface area contributed by atoms with Crippen LogP contribution in [0, 0.1) is 27.7 Å². The number of nitrogens with zero attached hydrogens (tertiary/aromatic N) is 2. The third-order valence-electron chi connectivity index (χ3n) is 3.55. The number of aromatic nitrogens is 1. The smallest absolute Gasteiger partial charge is 0.0658 e. The first-order valence-electron chi connectivity index (χ1n) is 5.61. The van der Waals surface area contributed by atoms with Gasteiger partial charge in [0.1, 0.15) is 0 Å². The molecule has 84 valence electrons. The second-order valence-electron chi connectivity index (χ2n) is 4.30. The summed E-state index contributed by atoms with van der Waals surface area (Å²) in [5, 5.41) is 2.38. The van der Waals surface area contributed by atoms with E-state index < -0.39 is 0 Å². The molecule has 2 rings (SSSR count). The summed E-state index contributed by atoms with van der Waals surface area (Å²) >= 11 is 0. The zero-order valence-corrected chi connectivity index (χ0v) is 10.1. The van der Waals surface area contributed by atoms with Crippen LogP contribution < -0.4 is 5.01 Å². The van der Waals surface area contributed by atoms with Crippen molar-refractivity contribution < 1.29 is 4.74 Å². The molecule has 0 aliphatic carbocycles. The van der Waals surface area contributed by atoms with Crippen LogP contribution in [0.1, 0.15) is 22.5 Å². The average molecular weight is 208 g/mol. The average Bonchev–Trinajstić information content (AvgIpc) is 2.45. The van der Waals surface area contributed by atoms with Gasteiger partial charge in [0.05, 0.1) is 26.3 Å². The van der Waals surface area contributed by atoms with Gasteiger partial charge in [-0.05, 0) is 38.8 Å². The maximum absolute atomic E-state index is 5.38. The molecule has 3 nitrogen and oxygen atoms in total. The summed E-state index contributed by atoms with van der Waals surface area (Å²) in [6.07, 6.45) is 0. The van der Waals surface area contributed by atoms with Crippen LogP contribution in [0.5, 0.6) is 0 Å². The number of hydrogen-bond acceptors (Lipinski definition) is 2. The normalized spacial score (nSPS) is 17.2. The van der Waals surface area contributed by atoms with Gasteiger partial charge < -0.3 is 9.75 Å². The Bertz CT molecular complexity index is 337.